The van der Waals surface area contributed by atoms with Crippen LogP contribution in [0.3, 0.4) is 0 Å². The van der Waals surface area contributed by atoms with E-state index in [1.807, 2.05) is 48.5 Å². The van der Waals surface area contributed by atoms with E-state index >= 15 is 0 Å². The Balaban J connectivity index is 1.40. The molecule has 5 nitrogen and oxygen atoms in total. The van der Waals surface area contributed by atoms with Crippen molar-refractivity contribution in [3.05, 3.63) is 110 Å². The van der Waals surface area contributed by atoms with Crippen molar-refractivity contribution in [3.63, 3.8) is 0 Å². The molecule has 0 saturated heterocycles. The minimum absolute atomic E-state index is 0.0372. The molecule has 3 aromatic carbocycles. The maximum absolute atomic E-state index is 12.2. The second-order valence-corrected chi connectivity index (χ2v) is 9.45. The zero-order valence-corrected chi connectivity index (χ0v) is 20.3. The predicted octanol–water partition coefficient (Wildman–Crippen LogP) is 4.77. The summed E-state index contributed by atoms with van der Waals surface area (Å²) in [6, 6.07) is 21.9. The molecule has 0 fully saturated rings. The highest BCUT2D eigenvalue weighted by atomic mass is 16.5. The van der Waals surface area contributed by atoms with Gasteiger partial charge < -0.3 is 20.1 Å². The van der Waals surface area contributed by atoms with E-state index in [2.05, 4.69) is 36.3 Å². The van der Waals surface area contributed by atoms with Gasteiger partial charge in [0.25, 0.3) is 0 Å². The summed E-state index contributed by atoms with van der Waals surface area (Å²) in [5.41, 5.74) is 8.04. The number of hydrogen-bond donors (Lipinski definition) is 3. The molecular weight excluding hydrogens is 436 g/mol. The SMILES string of the molecule is CCc1cc2c(cc1C)CC(NC(CO)c1ccc(OCc3ccccc3)c3[nH]c(=O)ccc13)C2. The number of aromatic amines is 1. The van der Waals surface area contributed by atoms with Gasteiger partial charge in [-0.15, -0.1) is 0 Å². The third-order valence-corrected chi connectivity index (χ3v) is 7.09. The number of aromatic nitrogens is 1. The fourth-order valence-corrected chi connectivity index (χ4v) is 5.28. The molecule has 1 aromatic heterocycles. The molecule has 0 radical (unpaired) electrons. The van der Waals surface area contributed by atoms with Gasteiger partial charge >= 0.3 is 0 Å². The van der Waals surface area contributed by atoms with Gasteiger partial charge in [0.1, 0.15) is 12.4 Å². The standard InChI is InChI=1S/C30H32N2O3/c1-3-21-14-23-16-24(15-22(23)13-19(21)2)31-27(17-33)25-9-11-28(30-26(25)10-12-29(34)32-30)35-18-20-7-5-4-6-8-20/h4-14,24,27,31,33H,3,15-18H2,1-2H3,(H,32,34). The molecule has 0 amide bonds. The molecule has 3 N–H and O–H groups in total. The van der Waals surface area contributed by atoms with Crippen LogP contribution in [0.1, 0.15) is 46.3 Å². The number of hydrogen-bond acceptors (Lipinski definition) is 4. The number of rotatable bonds is 8. The van der Waals surface area contributed by atoms with Crippen LogP contribution in [0.4, 0.5) is 0 Å². The lowest BCUT2D eigenvalue weighted by molar-refractivity contribution is 0.234. The Hall–Kier alpha value is -3.41. The van der Waals surface area contributed by atoms with Gasteiger partial charge in [-0.3, -0.25) is 4.79 Å². The van der Waals surface area contributed by atoms with Gasteiger partial charge in [0, 0.05) is 17.5 Å². The lowest BCUT2D eigenvalue weighted by Crippen LogP contribution is -2.35. The van der Waals surface area contributed by atoms with E-state index in [4.69, 9.17) is 4.74 Å². The number of H-pyrrole nitrogens is 1. The number of fused-ring (bicyclic) bond motifs is 2. The number of benzene rings is 3. The molecule has 0 saturated carbocycles. The molecule has 1 heterocycles. The van der Waals surface area contributed by atoms with Crippen molar-refractivity contribution in [1.29, 1.82) is 0 Å². The normalized spacial score (nSPS) is 15.8. The quantitative estimate of drug-likeness (QED) is 0.348. The minimum atomic E-state index is -0.252. The zero-order chi connectivity index (χ0) is 24.4. The topological polar surface area (TPSA) is 74.3 Å². The van der Waals surface area contributed by atoms with Crippen molar-refractivity contribution in [3.8, 4) is 5.75 Å². The van der Waals surface area contributed by atoms with Crippen LogP contribution in [-0.2, 0) is 25.9 Å². The molecule has 0 bridgehead atoms. The molecule has 35 heavy (non-hydrogen) atoms. The van der Waals surface area contributed by atoms with Crippen LogP contribution in [0.2, 0.25) is 0 Å². The van der Waals surface area contributed by atoms with E-state index in [0.29, 0.717) is 17.9 Å². The van der Waals surface area contributed by atoms with E-state index in [1.54, 1.807) is 0 Å². The van der Waals surface area contributed by atoms with Gasteiger partial charge in [-0.1, -0.05) is 55.5 Å². The van der Waals surface area contributed by atoms with Crippen molar-refractivity contribution in [1.82, 2.24) is 10.3 Å². The first kappa shape index (κ1) is 23.3. The average Bonchev–Trinajstić information content (AvgIpc) is 3.27. The van der Waals surface area contributed by atoms with Gasteiger partial charge in [-0.05, 0) is 71.7 Å². The average molecular weight is 469 g/mol. The van der Waals surface area contributed by atoms with Crippen LogP contribution < -0.4 is 15.6 Å². The third kappa shape index (κ3) is 4.88. The number of pyridine rings is 1. The van der Waals surface area contributed by atoms with Gasteiger partial charge in [0.05, 0.1) is 18.2 Å². The van der Waals surface area contributed by atoms with E-state index < -0.39 is 0 Å². The molecule has 0 spiro atoms. The van der Waals surface area contributed by atoms with Crippen molar-refractivity contribution in [2.75, 3.05) is 6.61 Å². The summed E-state index contributed by atoms with van der Waals surface area (Å²) < 4.78 is 6.08. The Kier molecular flexibility index (Phi) is 6.71. The summed E-state index contributed by atoms with van der Waals surface area (Å²) in [5, 5.41) is 14.9. The summed E-state index contributed by atoms with van der Waals surface area (Å²) in [5.74, 6) is 0.623. The second kappa shape index (κ2) is 10.1. The van der Waals surface area contributed by atoms with Crippen molar-refractivity contribution >= 4 is 10.9 Å². The molecule has 5 rings (SSSR count). The predicted molar refractivity (Wildman–Crippen MR) is 140 cm³/mol. The third-order valence-electron chi connectivity index (χ3n) is 7.09. The van der Waals surface area contributed by atoms with E-state index in [1.165, 1.54) is 28.3 Å². The van der Waals surface area contributed by atoms with Crippen LogP contribution >= 0.6 is 0 Å². The van der Waals surface area contributed by atoms with Crippen LogP contribution in [-0.4, -0.2) is 22.7 Å². The number of aryl methyl sites for hydroxylation is 2. The van der Waals surface area contributed by atoms with E-state index in [9.17, 15) is 9.90 Å². The van der Waals surface area contributed by atoms with Crippen molar-refractivity contribution in [2.24, 2.45) is 0 Å². The summed E-state index contributed by atoms with van der Waals surface area (Å²) >= 11 is 0. The lowest BCUT2D eigenvalue weighted by Gasteiger charge is -2.23. The molecular formula is C30H32N2O3. The number of aliphatic hydroxyl groups is 1. The molecule has 1 aliphatic carbocycles. The Morgan fingerprint density at radius 2 is 1.83 bits per heavy atom. The Labute approximate surface area is 205 Å². The van der Waals surface area contributed by atoms with Crippen molar-refractivity contribution in [2.45, 2.75) is 51.8 Å². The first-order valence-electron chi connectivity index (χ1n) is 12.4. The highest BCUT2D eigenvalue weighted by Gasteiger charge is 2.26. The first-order chi connectivity index (χ1) is 17.1. The largest absolute Gasteiger partial charge is 0.487 e. The highest BCUT2D eigenvalue weighted by Crippen LogP contribution is 2.32. The summed E-state index contributed by atoms with van der Waals surface area (Å²) in [6.45, 7) is 4.76. The Bertz CT molecular complexity index is 1390. The number of aliphatic hydroxyl groups excluding tert-OH is 1. The van der Waals surface area contributed by atoms with E-state index in [0.717, 1.165) is 35.8 Å². The zero-order valence-electron chi connectivity index (χ0n) is 20.3. The van der Waals surface area contributed by atoms with Gasteiger partial charge in [0.2, 0.25) is 5.56 Å². The summed E-state index contributed by atoms with van der Waals surface area (Å²) in [6.07, 6.45) is 2.94. The second-order valence-electron chi connectivity index (χ2n) is 9.45. The van der Waals surface area contributed by atoms with Gasteiger partial charge in [-0.25, -0.2) is 0 Å². The molecule has 2 atom stereocenters. The first-order valence-corrected chi connectivity index (χ1v) is 12.4. The Morgan fingerprint density at radius 3 is 2.57 bits per heavy atom. The Morgan fingerprint density at radius 1 is 1.06 bits per heavy atom. The molecule has 180 valence electrons. The maximum Gasteiger partial charge on any atom is 0.248 e. The minimum Gasteiger partial charge on any atom is -0.487 e. The molecule has 4 aromatic rings. The molecule has 2 unspecified atom stereocenters. The highest BCUT2D eigenvalue weighted by molar-refractivity contribution is 5.88. The van der Waals surface area contributed by atoms with Crippen LogP contribution in [0.5, 0.6) is 5.75 Å². The fourth-order valence-electron chi connectivity index (χ4n) is 5.28. The summed E-state index contributed by atoms with van der Waals surface area (Å²) in [7, 11) is 0. The maximum atomic E-state index is 12.2. The van der Waals surface area contributed by atoms with Gasteiger partial charge in [0.15, 0.2) is 0 Å². The smallest absolute Gasteiger partial charge is 0.248 e. The molecule has 0 aliphatic heterocycles. The fraction of sp³-hybridized carbons (Fsp3) is 0.300. The van der Waals surface area contributed by atoms with E-state index in [-0.39, 0.29) is 24.2 Å². The monoisotopic (exact) mass is 468 g/mol. The summed E-state index contributed by atoms with van der Waals surface area (Å²) in [4.78, 5) is 15.1. The van der Waals surface area contributed by atoms with Crippen molar-refractivity contribution < 1.29 is 9.84 Å². The molecule has 1 aliphatic rings. The number of nitrogens with one attached hydrogen (secondary N) is 2. The van der Waals surface area contributed by atoms with Crippen LogP contribution in [0.15, 0.2) is 71.5 Å². The number of ether oxygens (including phenoxy) is 1. The lowest BCUT2D eigenvalue weighted by atomic mass is 9.99. The van der Waals surface area contributed by atoms with Gasteiger partial charge in [-0.2, -0.15) is 0 Å². The van der Waals surface area contributed by atoms with Crippen LogP contribution in [0.25, 0.3) is 10.9 Å². The molecule has 5 heteroatoms. The van der Waals surface area contributed by atoms with Crippen LogP contribution in [0, 0.1) is 6.92 Å².